The lowest BCUT2D eigenvalue weighted by atomic mass is 10.1. The third-order valence-corrected chi connectivity index (χ3v) is 6.63. The molecule has 1 aliphatic heterocycles. The van der Waals surface area contributed by atoms with Crippen molar-refractivity contribution in [2.24, 2.45) is 5.73 Å². The molecule has 0 bridgehead atoms. The quantitative estimate of drug-likeness (QED) is 0.708. The van der Waals surface area contributed by atoms with Crippen LogP contribution >= 0.6 is 28.3 Å². The molecular weight excluding hydrogens is 404 g/mol. The highest BCUT2D eigenvalue weighted by Crippen LogP contribution is 2.25. The van der Waals surface area contributed by atoms with Crippen molar-refractivity contribution in [1.29, 1.82) is 0 Å². The van der Waals surface area contributed by atoms with Crippen LogP contribution in [0.5, 0.6) is 0 Å². The number of halogens is 2. The first-order valence-electron chi connectivity index (χ1n) is 7.53. The van der Waals surface area contributed by atoms with Gasteiger partial charge in [-0.25, -0.2) is 8.42 Å². The maximum Gasteiger partial charge on any atom is 0.243 e. The largest absolute Gasteiger partial charge is 0.378 e. The summed E-state index contributed by atoms with van der Waals surface area (Å²) in [6.07, 6.45) is 2.45. The fraction of sp³-hybridized carbons (Fsp3) is 0.600. The van der Waals surface area contributed by atoms with Crippen molar-refractivity contribution in [3.05, 3.63) is 28.2 Å². The first kappa shape index (κ1) is 20.9. The maximum atomic E-state index is 12.7. The molecule has 0 atom stereocenters. The number of hydrogen-bond acceptors (Lipinski definition) is 4. The normalized spacial score (nSPS) is 17.0. The van der Waals surface area contributed by atoms with Gasteiger partial charge >= 0.3 is 0 Å². The lowest BCUT2D eigenvalue weighted by Gasteiger charge is -2.31. The van der Waals surface area contributed by atoms with Crippen molar-refractivity contribution in [1.82, 2.24) is 4.31 Å². The van der Waals surface area contributed by atoms with Crippen LogP contribution in [0.25, 0.3) is 0 Å². The van der Waals surface area contributed by atoms with Crippen LogP contribution < -0.4 is 5.73 Å². The lowest BCUT2D eigenvalue weighted by molar-refractivity contribution is 0.0209. The smallest absolute Gasteiger partial charge is 0.243 e. The maximum absolute atomic E-state index is 12.7. The molecule has 8 heteroatoms. The van der Waals surface area contributed by atoms with E-state index in [4.69, 9.17) is 10.5 Å². The van der Waals surface area contributed by atoms with E-state index in [9.17, 15) is 8.42 Å². The van der Waals surface area contributed by atoms with E-state index in [0.29, 0.717) is 31.1 Å². The summed E-state index contributed by atoms with van der Waals surface area (Å²) in [5, 5.41) is 0. The Morgan fingerprint density at radius 2 is 2.00 bits per heavy atom. The zero-order valence-corrected chi connectivity index (χ0v) is 16.4. The molecule has 2 N–H and O–H groups in total. The number of aryl methyl sites for hydroxylation is 1. The Hall–Kier alpha value is -0.180. The second-order valence-electron chi connectivity index (χ2n) is 5.53. The molecule has 132 valence electrons. The van der Waals surface area contributed by atoms with Gasteiger partial charge in [0.25, 0.3) is 0 Å². The molecule has 1 heterocycles. The van der Waals surface area contributed by atoms with E-state index in [1.54, 1.807) is 16.4 Å². The Labute approximate surface area is 153 Å². The summed E-state index contributed by atoms with van der Waals surface area (Å²) in [5.74, 6) is 0. The van der Waals surface area contributed by atoms with Gasteiger partial charge in [-0.05, 0) is 50.4 Å². The number of benzene rings is 1. The fourth-order valence-corrected chi connectivity index (χ4v) is 4.48. The van der Waals surface area contributed by atoms with Gasteiger partial charge in [0.05, 0.1) is 11.0 Å². The summed E-state index contributed by atoms with van der Waals surface area (Å²) in [4.78, 5) is 0.340. The topological polar surface area (TPSA) is 72.6 Å². The zero-order chi connectivity index (χ0) is 16.2. The molecule has 0 aliphatic carbocycles. The third kappa shape index (κ3) is 5.41. The van der Waals surface area contributed by atoms with Gasteiger partial charge in [0, 0.05) is 24.2 Å². The molecule has 0 amide bonds. The molecule has 2 rings (SSSR count). The average Bonchev–Trinajstić information content (AvgIpc) is 2.51. The molecule has 5 nitrogen and oxygen atoms in total. The standard InChI is InChI=1S/C15H23BrN2O3S.ClH/c1-12-3-4-14(11-15(12)16)22(19,20)18-8-5-13(6-9-18)21-10-2-7-17;/h3-4,11,13H,2,5-10,17H2,1H3;1H. The van der Waals surface area contributed by atoms with Crippen LogP contribution in [-0.2, 0) is 14.8 Å². The number of rotatable bonds is 6. The van der Waals surface area contributed by atoms with Crippen molar-refractivity contribution in [3.8, 4) is 0 Å². The summed E-state index contributed by atoms with van der Waals surface area (Å²) < 4.78 is 33.4. The van der Waals surface area contributed by atoms with Gasteiger partial charge in [0.2, 0.25) is 10.0 Å². The summed E-state index contributed by atoms with van der Waals surface area (Å²) in [7, 11) is -3.42. The minimum Gasteiger partial charge on any atom is -0.378 e. The van der Waals surface area contributed by atoms with Crippen LogP contribution in [0, 0.1) is 6.92 Å². The average molecular weight is 428 g/mol. The Bertz CT molecular complexity index is 605. The lowest BCUT2D eigenvalue weighted by Crippen LogP contribution is -2.41. The number of ether oxygens (including phenoxy) is 1. The molecular formula is C15H24BrClN2O3S. The SMILES string of the molecule is Cc1ccc(S(=O)(=O)N2CCC(OCCCN)CC2)cc1Br.Cl. The Balaban J connectivity index is 0.00000264. The summed E-state index contributed by atoms with van der Waals surface area (Å²) in [5.41, 5.74) is 6.46. The van der Waals surface area contributed by atoms with E-state index in [2.05, 4.69) is 15.9 Å². The van der Waals surface area contributed by atoms with E-state index in [1.165, 1.54) is 0 Å². The highest BCUT2D eigenvalue weighted by molar-refractivity contribution is 9.10. The van der Waals surface area contributed by atoms with Crippen LogP contribution in [0.1, 0.15) is 24.8 Å². The highest BCUT2D eigenvalue weighted by atomic mass is 79.9. The second-order valence-corrected chi connectivity index (χ2v) is 8.32. The van der Waals surface area contributed by atoms with Crippen molar-refractivity contribution in [2.75, 3.05) is 26.2 Å². The van der Waals surface area contributed by atoms with Gasteiger partial charge in [0.15, 0.2) is 0 Å². The molecule has 1 saturated heterocycles. The molecule has 23 heavy (non-hydrogen) atoms. The summed E-state index contributed by atoms with van der Waals surface area (Å²) in [6.45, 7) is 4.21. The first-order chi connectivity index (χ1) is 10.4. The predicted molar refractivity (Wildman–Crippen MR) is 97.5 cm³/mol. The van der Waals surface area contributed by atoms with Crippen molar-refractivity contribution in [2.45, 2.75) is 37.2 Å². The van der Waals surface area contributed by atoms with E-state index in [1.807, 2.05) is 13.0 Å². The van der Waals surface area contributed by atoms with Crippen LogP contribution in [0.3, 0.4) is 0 Å². The van der Waals surface area contributed by atoms with Crippen molar-refractivity contribution in [3.63, 3.8) is 0 Å². The Morgan fingerprint density at radius 3 is 2.57 bits per heavy atom. The molecule has 1 aromatic rings. The van der Waals surface area contributed by atoms with Crippen molar-refractivity contribution >= 4 is 38.4 Å². The third-order valence-electron chi connectivity index (χ3n) is 3.88. The van der Waals surface area contributed by atoms with Crippen LogP contribution in [-0.4, -0.2) is 45.1 Å². The summed E-state index contributed by atoms with van der Waals surface area (Å²) in [6, 6.07) is 5.16. The molecule has 1 aliphatic rings. The van der Waals surface area contributed by atoms with Gasteiger partial charge < -0.3 is 10.5 Å². The number of piperidine rings is 1. The molecule has 0 spiro atoms. The van der Waals surface area contributed by atoms with E-state index in [-0.39, 0.29) is 18.5 Å². The molecule has 0 saturated carbocycles. The number of nitrogens with zero attached hydrogens (tertiary/aromatic N) is 1. The van der Waals surface area contributed by atoms with E-state index in [0.717, 1.165) is 29.3 Å². The van der Waals surface area contributed by atoms with Gasteiger partial charge in [-0.1, -0.05) is 22.0 Å². The fourth-order valence-electron chi connectivity index (χ4n) is 2.46. The van der Waals surface area contributed by atoms with Gasteiger partial charge in [-0.2, -0.15) is 4.31 Å². The first-order valence-corrected chi connectivity index (χ1v) is 9.76. The molecule has 1 aromatic carbocycles. The molecule has 0 aromatic heterocycles. The molecule has 1 fully saturated rings. The van der Waals surface area contributed by atoms with Crippen LogP contribution in [0.4, 0.5) is 0 Å². The number of nitrogens with two attached hydrogens (primary N) is 1. The van der Waals surface area contributed by atoms with E-state index >= 15 is 0 Å². The number of sulfonamides is 1. The van der Waals surface area contributed by atoms with E-state index < -0.39 is 10.0 Å². The van der Waals surface area contributed by atoms with Gasteiger partial charge in [-0.15, -0.1) is 12.4 Å². The Kier molecular flexibility index (Phi) is 8.47. The predicted octanol–water partition coefficient (Wildman–Crippen LogP) is 2.70. The van der Waals surface area contributed by atoms with Crippen LogP contribution in [0.2, 0.25) is 0 Å². The van der Waals surface area contributed by atoms with Crippen molar-refractivity contribution < 1.29 is 13.2 Å². The highest BCUT2D eigenvalue weighted by Gasteiger charge is 2.29. The second kappa shape index (κ2) is 9.34. The van der Waals surface area contributed by atoms with Gasteiger partial charge in [0.1, 0.15) is 0 Å². The molecule has 0 unspecified atom stereocenters. The minimum absolute atomic E-state index is 0. The Morgan fingerprint density at radius 1 is 1.35 bits per heavy atom. The minimum atomic E-state index is -3.42. The molecule has 0 radical (unpaired) electrons. The van der Waals surface area contributed by atoms with Gasteiger partial charge in [-0.3, -0.25) is 0 Å². The summed E-state index contributed by atoms with van der Waals surface area (Å²) >= 11 is 3.39. The number of hydrogen-bond donors (Lipinski definition) is 1. The zero-order valence-electron chi connectivity index (χ0n) is 13.2. The van der Waals surface area contributed by atoms with Crippen LogP contribution in [0.15, 0.2) is 27.6 Å². The monoisotopic (exact) mass is 426 g/mol.